The smallest absolute Gasteiger partial charge is 0.0386 e. The van der Waals surface area contributed by atoms with Crippen molar-refractivity contribution in [3.63, 3.8) is 0 Å². The number of hydrogen-bond acceptors (Lipinski definition) is 0. The Labute approximate surface area is 102 Å². The van der Waals surface area contributed by atoms with Crippen molar-refractivity contribution in [2.45, 2.75) is 78.1 Å². The lowest BCUT2D eigenvalue weighted by molar-refractivity contribution is 0.147. The van der Waals surface area contributed by atoms with E-state index in [1.807, 2.05) is 0 Å². The molecule has 0 radical (unpaired) electrons. The summed E-state index contributed by atoms with van der Waals surface area (Å²) in [5.74, 6) is 4.33. The summed E-state index contributed by atoms with van der Waals surface area (Å²) in [5.41, 5.74) is 0. The van der Waals surface area contributed by atoms with Crippen LogP contribution >= 0.6 is 0 Å². The first-order valence-electron chi connectivity index (χ1n) is 7.79. The largest absolute Gasteiger partial charge is 0.0654 e. The molecule has 94 valence electrons. The van der Waals surface area contributed by atoms with Crippen molar-refractivity contribution in [3.8, 4) is 0 Å². The van der Waals surface area contributed by atoms with Crippen LogP contribution in [0, 0.1) is 23.7 Å². The van der Waals surface area contributed by atoms with Crippen molar-refractivity contribution in [3.05, 3.63) is 0 Å². The van der Waals surface area contributed by atoms with Gasteiger partial charge in [0.1, 0.15) is 0 Å². The molecule has 0 atom stereocenters. The number of hydrogen-bond donors (Lipinski definition) is 0. The van der Waals surface area contributed by atoms with Crippen LogP contribution in [-0.4, -0.2) is 0 Å². The van der Waals surface area contributed by atoms with Crippen LogP contribution in [0.5, 0.6) is 0 Å². The predicted molar refractivity (Wildman–Crippen MR) is 71.5 cm³/mol. The Hall–Kier alpha value is 0. The van der Waals surface area contributed by atoms with Crippen molar-refractivity contribution in [1.29, 1.82) is 0 Å². The molecule has 16 heavy (non-hydrogen) atoms. The van der Waals surface area contributed by atoms with Gasteiger partial charge in [-0.1, -0.05) is 52.4 Å². The van der Waals surface area contributed by atoms with Gasteiger partial charge >= 0.3 is 0 Å². The second kappa shape index (κ2) is 6.07. The lowest BCUT2D eigenvalue weighted by Crippen LogP contribution is -2.25. The molecule has 2 fully saturated rings. The van der Waals surface area contributed by atoms with Crippen LogP contribution in [-0.2, 0) is 0 Å². The molecule has 0 N–H and O–H groups in total. The van der Waals surface area contributed by atoms with Crippen molar-refractivity contribution in [1.82, 2.24) is 0 Å². The van der Waals surface area contributed by atoms with E-state index in [2.05, 4.69) is 13.8 Å². The molecule has 0 heterocycles. The van der Waals surface area contributed by atoms with Crippen LogP contribution in [0.2, 0.25) is 0 Å². The predicted octanol–water partition coefficient (Wildman–Crippen LogP) is 5.42. The molecule has 0 bridgehead atoms. The van der Waals surface area contributed by atoms with Gasteiger partial charge in [0.15, 0.2) is 0 Å². The van der Waals surface area contributed by atoms with E-state index in [0.29, 0.717) is 0 Å². The topological polar surface area (TPSA) is 0 Å². The summed E-state index contributed by atoms with van der Waals surface area (Å²) in [6.07, 6.45) is 15.2. The number of rotatable bonds is 3. The Morgan fingerprint density at radius 2 is 1.25 bits per heavy atom. The van der Waals surface area contributed by atoms with Gasteiger partial charge < -0.3 is 0 Å². The van der Waals surface area contributed by atoms with Crippen LogP contribution in [0.4, 0.5) is 0 Å². The van der Waals surface area contributed by atoms with Crippen molar-refractivity contribution in [2.75, 3.05) is 0 Å². The summed E-state index contributed by atoms with van der Waals surface area (Å²) < 4.78 is 0. The van der Waals surface area contributed by atoms with E-state index < -0.39 is 0 Å². The molecular formula is C16H30. The van der Waals surface area contributed by atoms with E-state index in [9.17, 15) is 0 Å². The van der Waals surface area contributed by atoms with Crippen LogP contribution < -0.4 is 0 Å². The standard InChI is InChI=1S/C16H30/c1-3-4-14-7-11-16(12-8-14)15-9-5-13(2)6-10-15/h13-16H,3-12H2,1-2H3. The van der Waals surface area contributed by atoms with Crippen LogP contribution in [0.3, 0.4) is 0 Å². The van der Waals surface area contributed by atoms with E-state index in [1.165, 1.54) is 25.7 Å². The molecule has 0 nitrogen and oxygen atoms in total. The van der Waals surface area contributed by atoms with Crippen LogP contribution in [0.1, 0.15) is 78.1 Å². The highest BCUT2D eigenvalue weighted by atomic mass is 14.3. The summed E-state index contributed by atoms with van der Waals surface area (Å²) in [6.45, 7) is 4.78. The van der Waals surface area contributed by atoms with Crippen molar-refractivity contribution < 1.29 is 0 Å². The fourth-order valence-electron chi connectivity index (χ4n) is 4.11. The summed E-state index contributed by atoms with van der Waals surface area (Å²) >= 11 is 0. The summed E-state index contributed by atoms with van der Waals surface area (Å²) in [5, 5.41) is 0. The van der Waals surface area contributed by atoms with E-state index in [-0.39, 0.29) is 0 Å². The van der Waals surface area contributed by atoms with Crippen LogP contribution in [0.25, 0.3) is 0 Å². The Balaban J connectivity index is 1.72. The van der Waals surface area contributed by atoms with Crippen molar-refractivity contribution >= 4 is 0 Å². The third-order valence-electron chi connectivity index (χ3n) is 5.32. The minimum Gasteiger partial charge on any atom is -0.0654 e. The van der Waals surface area contributed by atoms with Gasteiger partial charge in [0.05, 0.1) is 0 Å². The SMILES string of the molecule is CCCC1CCC(C2CCC(C)CC2)CC1. The Morgan fingerprint density at radius 1 is 0.750 bits per heavy atom. The van der Waals surface area contributed by atoms with E-state index in [0.717, 1.165) is 23.7 Å². The summed E-state index contributed by atoms with van der Waals surface area (Å²) in [7, 11) is 0. The normalized spacial score (nSPS) is 40.9. The third-order valence-corrected chi connectivity index (χ3v) is 5.32. The maximum absolute atomic E-state index is 2.44. The zero-order valence-corrected chi connectivity index (χ0v) is 11.4. The highest BCUT2D eigenvalue weighted by Gasteiger charge is 2.29. The molecule has 0 aromatic carbocycles. The van der Waals surface area contributed by atoms with Gasteiger partial charge in [0.25, 0.3) is 0 Å². The molecule has 2 aliphatic carbocycles. The van der Waals surface area contributed by atoms with Gasteiger partial charge in [-0.25, -0.2) is 0 Å². The lowest BCUT2D eigenvalue weighted by Gasteiger charge is -2.37. The van der Waals surface area contributed by atoms with Crippen molar-refractivity contribution in [2.24, 2.45) is 23.7 Å². The Bertz CT molecular complexity index is 180. The quantitative estimate of drug-likeness (QED) is 0.598. The van der Waals surface area contributed by atoms with E-state index in [4.69, 9.17) is 0 Å². The monoisotopic (exact) mass is 222 g/mol. The molecule has 2 aliphatic rings. The molecule has 0 amide bonds. The average Bonchev–Trinajstić information content (AvgIpc) is 2.32. The van der Waals surface area contributed by atoms with Gasteiger partial charge in [-0.15, -0.1) is 0 Å². The minimum absolute atomic E-state index is 1.02. The zero-order valence-electron chi connectivity index (χ0n) is 11.4. The summed E-state index contributed by atoms with van der Waals surface area (Å²) in [4.78, 5) is 0. The highest BCUT2D eigenvalue weighted by molar-refractivity contribution is 4.81. The molecule has 2 saturated carbocycles. The van der Waals surface area contributed by atoms with E-state index in [1.54, 1.807) is 38.5 Å². The molecule has 0 spiro atoms. The van der Waals surface area contributed by atoms with Gasteiger partial charge in [-0.05, 0) is 49.4 Å². The molecule has 0 unspecified atom stereocenters. The molecule has 0 aromatic heterocycles. The highest BCUT2D eigenvalue weighted by Crippen LogP contribution is 2.41. The average molecular weight is 222 g/mol. The van der Waals surface area contributed by atoms with Gasteiger partial charge in [-0.3, -0.25) is 0 Å². The Kier molecular flexibility index (Phi) is 4.73. The molecule has 0 heteroatoms. The molecule has 0 saturated heterocycles. The summed E-state index contributed by atoms with van der Waals surface area (Å²) in [6, 6.07) is 0. The van der Waals surface area contributed by atoms with Gasteiger partial charge in [0.2, 0.25) is 0 Å². The second-order valence-electron chi connectivity index (χ2n) is 6.59. The maximum Gasteiger partial charge on any atom is -0.0386 e. The van der Waals surface area contributed by atoms with Crippen LogP contribution in [0.15, 0.2) is 0 Å². The maximum atomic E-state index is 2.44. The fraction of sp³-hybridized carbons (Fsp3) is 1.00. The molecule has 0 aliphatic heterocycles. The lowest BCUT2D eigenvalue weighted by atomic mass is 9.69. The minimum atomic E-state index is 1.02. The first-order chi connectivity index (χ1) is 7.79. The van der Waals surface area contributed by atoms with Gasteiger partial charge in [-0.2, -0.15) is 0 Å². The fourth-order valence-corrected chi connectivity index (χ4v) is 4.11. The Morgan fingerprint density at radius 3 is 1.75 bits per heavy atom. The first-order valence-corrected chi connectivity index (χ1v) is 7.79. The van der Waals surface area contributed by atoms with Gasteiger partial charge in [0, 0.05) is 0 Å². The molecule has 2 rings (SSSR count). The second-order valence-corrected chi connectivity index (χ2v) is 6.59. The first kappa shape index (κ1) is 12.5. The zero-order chi connectivity index (χ0) is 11.4. The third kappa shape index (κ3) is 3.25. The molecular weight excluding hydrogens is 192 g/mol. The van der Waals surface area contributed by atoms with E-state index >= 15 is 0 Å². The molecule has 0 aromatic rings.